The van der Waals surface area contributed by atoms with E-state index < -0.39 is 0 Å². The highest BCUT2D eigenvalue weighted by Gasteiger charge is 2.62. The fourth-order valence-corrected chi connectivity index (χ4v) is 6.48. The molecule has 3 heterocycles. The standard InChI is InChI=1S/C21H27NO/c1-2-4-13(5-3-1)16-8-14-6-7-22(12-19(14)16)11-15-9-20-17-10-18(17)21(15)23-20/h1-5,14-21H,6-12H2/t14-,15+,16+,17-,18+,19-,20+,21-/m1/s1. The van der Waals surface area contributed by atoms with Gasteiger partial charge in [0.15, 0.2) is 0 Å². The number of nitrogens with zero attached hydrogens (tertiary/aromatic N) is 1. The molecule has 2 nitrogen and oxygen atoms in total. The van der Waals surface area contributed by atoms with Gasteiger partial charge in [-0.2, -0.15) is 0 Å². The third-order valence-electron chi connectivity index (χ3n) is 7.81. The Bertz CT molecular complexity index is 601. The average molecular weight is 309 g/mol. The molecule has 8 atom stereocenters. The fraction of sp³-hybridized carbons (Fsp3) is 0.714. The number of benzene rings is 1. The van der Waals surface area contributed by atoms with Crippen molar-refractivity contribution >= 4 is 0 Å². The summed E-state index contributed by atoms with van der Waals surface area (Å²) in [5.41, 5.74) is 1.58. The van der Waals surface area contributed by atoms with Crippen molar-refractivity contribution in [2.75, 3.05) is 19.6 Å². The zero-order valence-electron chi connectivity index (χ0n) is 13.8. The Morgan fingerprint density at radius 2 is 1.91 bits per heavy atom. The van der Waals surface area contributed by atoms with Gasteiger partial charge in [0, 0.05) is 19.0 Å². The zero-order chi connectivity index (χ0) is 15.0. The third-order valence-corrected chi connectivity index (χ3v) is 7.81. The van der Waals surface area contributed by atoms with E-state index in [0.717, 1.165) is 35.5 Å². The van der Waals surface area contributed by atoms with E-state index in [4.69, 9.17) is 4.74 Å². The lowest BCUT2D eigenvalue weighted by Crippen LogP contribution is -2.51. The second kappa shape index (κ2) is 4.83. The Labute approximate surface area is 139 Å². The van der Waals surface area contributed by atoms with Crippen molar-refractivity contribution in [3.63, 3.8) is 0 Å². The minimum atomic E-state index is 0.633. The second-order valence-corrected chi connectivity index (χ2v) is 8.92. The second-order valence-electron chi connectivity index (χ2n) is 8.92. The predicted octanol–water partition coefficient (Wildman–Crippen LogP) is 3.54. The molecule has 6 rings (SSSR count). The molecular weight excluding hydrogens is 282 g/mol. The lowest BCUT2D eigenvalue weighted by Gasteiger charge is -2.52. The van der Waals surface area contributed by atoms with Crippen LogP contribution in [0.15, 0.2) is 30.3 Å². The summed E-state index contributed by atoms with van der Waals surface area (Å²) in [6.45, 7) is 3.99. The Morgan fingerprint density at radius 1 is 1.00 bits per heavy atom. The number of fused-ring (bicyclic) bond motifs is 6. The maximum Gasteiger partial charge on any atom is 0.0652 e. The van der Waals surface area contributed by atoms with E-state index in [0.29, 0.717) is 12.2 Å². The molecule has 0 radical (unpaired) electrons. The highest BCUT2D eigenvalue weighted by atomic mass is 16.5. The van der Waals surface area contributed by atoms with Gasteiger partial charge in [-0.25, -0.2) is 0 Å². The molecular formula is C21H27NO. The van der Waals surface area contributed by atoms with Crippen LogP contribution in [0.25, 0.3) is 0 Å². The van der Waals surface area contributed by atoms with Crippen molar-refractivity contribution in [2.45, 2.75) is 43.8 Å². The topological polar surface area (TPSA) is 12.5 Å². The minimum absolute atomic E-state index is 0.633. The van der Waals surface area contributed by atoms with Crippen LogP contribution in [0.1, 0.15) is 37.2 Å². The molecule has 3 aliphatic heterocycles. The smallest absolute Gasteiger partial charge is 0.0652 e. The van der Waals surface area contributed by atoms with Gasteiger partial charge in [-0.3, -0.25) is 0 Å². The van der Waals surface area contributed by atoms with Crippen LogP contribution in [-0.4, -0.2) is 36.7 Å². The SMILES string of the molecule is c1ccc([C@@H]2C[C@H]3CCN(C[C@@H]4C[C@@H]5O[C@H]4[C@H]4C[C@H]45)C[C@H]32)cc1. The van der Waals surface area contributed by atoms with Crippen LogP contribution in [0.3, 0.4) is 0 Å². The first-order valence-electron chi connectivity index (χ1n) is 9.79. The van der Waals surface area contributed by atoms with Gasteiger partial charge in [0.05, 0.1) is 12.2 Å². The highest BCUT2D eigenvalue weighted by Crippen LogP contribution is 2.61. The molecule has 2 aliphatic carbocycles. The van der Waals surface area contributed by atoms with Crippen LogP contribution < -0.4 is 0 Å². The molecule has 5 fully saturated rings. The molecule has 0 N–H and O–H groups in total. The minimum Gasteiger partial charge on any atom is -0.374 e. The quantitative estimate of drug-likeness (QED) is 0.847. The van der Waals surface area contributed by atoms with Gasteiger partial charge < -0.3 is 9.64 Å². The summed E-state index contributed by atoms with van der Waals surface area (Å²) in [4.78, 5) is 2.79. The van der Waals surface area contributed by atoms with Crippen molar-refractivity contribution < 1.29 is 4.74 Å². The van der Waals surface area contributed by atoms with E-state index in [1.165, 1.54) is 45.3 Å². The number of hydrogen-bond acceptors (Lipinski definition) is 2. The van der Waals surface area contributed by atoms with E-state index in [2.05, 4.69) is 35.2 Å². The zero-order valence-corrected chi connectivity index (χ0v) is 13.8. The van der Waals surface area contributed by atoms with Crippen LogP contribution in [-0.2, 0) is 4.74 Å². The molecule has 23 heavy (non-hydrogen) atoms. The summed E-state index contributed by atoms with van der Waals surface area (Å²) in [5.74, 6) is 5.51. The first-order chi connectivity index (χ1) is 11.4. The summed E-state index contributed by atoms with van der Waals surface area (Å²) < 4.78 is 6.21. The van der Waals surface area contributed by atoms with Crippen LogP contribution in [0.2, 0.25) is 0 Å². The molecule has 2 bridgehead atoms. The first-order valence-corrected chi connectivity index (χ1v) is 9.79. The third kappa shape index (κ3) is 2.01. The highest BCUT2D eigenvalue weighted by molar-refractivity contribution is 5.24. The largest absolute Gasteiger partial charge is 0.374 e. The fourth-order valence-electron chi connectivity index (χ4n) is 6.48. The summed E-state index contributed by atoms with van der Waals surface area (Å²) in [6, 6.07) is 11.3. The van der Waals surface area contributed by atoms with Gasteiger partial charge in [-0.15, -0.1) is 0 Å². The Kier molecular flexibility index (Phi) is 2.82. The lowest BCUT2D eigenvalue weighted by molar-refractivity contribution is 0.00573. The van der Waals surface area contributed by atoms with Crippen molar-refractivity contribution in [3.05, 3.63) is 35.9 Å². The maximum absolute atomic E-state index is 6.21. The maximum atomic E-state index is 6.21. The number of hydrogen-bond donors (Lipinski definition) is 0. The molecule has 1 aromatic rings. The van der Waals surface area contributed by atoms with Crippen LogP contribution in [0, 0.1) is 29.6 Å². The lowest BCUT2D eigenvalue weighted by atomic mass is 9.59. The van der Waals surface area contributed by atoms with Gasteiger partial charge in [0.1, 0.15) is 0 Å². The first kappa shape index (κ1) is 13.4. The van der Waals surface area contributed by atoms with Crippen molar-refractivity contribution in [1.29, 1.82) is 0 Å². The Hall–Kier alpha value is -0.860. The normalized spacial score (nSPS) is 50.3. The molecule has 1 aromatic carbocycles. The van der Waals surface area contributed by atoms with Gasteiger partial charge in [-0.1, -0.05) is 30.3 Å². The van der Waals surface area contributed by atoms with E-state index in [9.17, 15) is 0 Å². The van der Waals surface area contributed by atoms with Crippen molar-refractivity contribution in [2.24, 2.45) is 29.6 Å². The molecule has 0 spiro atoms. The van der Waals surface area contributed by atoms with Gasteiger partial charge in [0.25, 0.3) is 0 Å². The van der Waals surface area contributed by atoms with E-state index in [1.807, 2.05) is 0 Å². The number of piperidine rings is 1. The predicted molar refractivity (Wildman–Crippen MR) is 90.2 cm³/mol. The summed E-state index contributed by atoms with van der Waals surface area (Å²) >= 11 is 0. The molecule has 0 unspecified atom stereocenters. The van der Waals surface area contributed by atoms with Gasteiger partial charge >= 0.3 is 0 Å². The van der Waals surface area contributed by atoms with E-state index in [1.54, 1.807) is 5.56 Å². The van der Waals surface area contributed by atoms with Gasteiger partial charge in [-0.05, 0) is 67.4 Å². The molecule has 2 saturated carbocycles. The summed E-state index contributed by atoms with van der Waals surface area (Å²) in [7, 11) is 0. The molecule has 3 saturated heterocycles. The van der Waals surface area contributed by atoms with Crippen LogP contribution >= 0.6 is 0 Å². The van der Waals surface area contributed by atoms with Crippen molar-refractivity contribution in [1.82, 2.24) is 4.90 Å². The molecule has 0 amide bonds. The van der Waals surface area contributed by atoms with Crippen LogP contribution in [0.5, 0.6) is 0 Å². The molecule has 122 valence electrons. The summed E-state index contributed by atoms with van der Waals surface area (Å²) in [6.07, 6.45) is 6.98. The van der Waals surface area contributed by atoms with Gasteiger partial charge in [0.2, 0.25) is 0 Å². The van der Waals surface area contributed by atoms with E-state index >= 15 is 0 Å². The number of likely N-dealkylation sites (tertiary alicyclic amines) is 1. The molecule has 0 aromatic heterocycles. The average Bonchev–Trinajstić information content (AvgIpc) is 3.18. The van der Waals surface area contributed by atoms with Crippen molar-refractivity contribution in [3.8, 4) is 0 Å². The Morgan fingerprint density at radius 3 is 2.74 bits per heavy atom. The Balaban J connectivity index is 1.12. The number of ether oxygens (including phenoxy) is 1. The monoisotopic (exact) mass is 309 g/mol. The van der Waals surface area contributed by atoms with Crippen LogP contribution in [0.4, 0.5) is 0 Å². The summed E-state index contributed by atoms with van der Waals surface area (Å²) in [5, 5.41) is 0. The van der Waals surface area contributed by atoms with E-state index in [-0.39, 0.29) is 0 Å². The molecule has 5 aliphatic rings. The number of rotatable bonds is 3. The molecule has 2 heteroatoms.